The predicted octanol–water partition coefficient (Wildman–Crippen LogP) is 3.74. The van der Waals surface area contributed by atoms with E-state index < -0.39 is 29.7 Å². The van der Waals surface area contributed by atoms with E-state index in [4.69, 9.17) is 18.9 Å². The first-order valence-electron chi connectivity index (χ1n) is 13.9. The van der Waals surface area contributed by atoms with Crippen molar-refractivity contribution in [3.05, 3.63) is 76.0 Å². The lowest BCUT2D eigenvalue weighted by molar-refractivity contribution is -0.126. The highest BCUT2D eigenvalue weighted by atomic mass is 32.1. The molecule has 2 aromatic carbocycles. The lowest BCUT2D eigenvalue weighted by Crippen LogP contribution is -2.48. The quantitative estimate of drug-likeness (QED) is 0.280. The molecule has 1 saturated heterocycles. The van der Waals surface area contributed by atoms with E-state index in [1.54, 1.807) is 54.8 Å². The first-order chi connectivity index (χ1) is 20.9. The highest BCUT2D eigenvalue weighted by Crippen LogP contribution is 2.34. The second-order valence-electron chi connectivity index (χ2n) is 9.59. The number of ether oxygens (including phenoxy) is 4. The van der Waals surface area contributed by atoms with Crippen LogP contribution in [0.1, 0.15) is 51.4 Å². The molecular formula is C31H35N3O8S. The van der Waals surface area contributed by atoms with Crippen molar-refractivity contribution in [3.63, 3.8) is 0 Å². The minimum Gasteiger partial charge on any atom is -0.493 e. The molecule has 0 spiro atoms. The Morgan fingerprint density at radius 1 is 1.02 bits per heavy atom. The zero-order chi connectivity index (χ0) is 30.8. The minimum atomic E-state index is -1.18. The number of hydrogen-bond acceptors (Lipinski definition) is 9. The summed E-state index contributed by atoms with van der Waals surface area (Å²) in [5.41, 5.74) is 1.06. The topological polar surface area (TPSA) is 132 Å². The molecule has 228 valence electrons. The summed E-state index contributed by atoms with van der Waals surface area (Å²) in [5.74, 6) is -1.12. The summed E-state index contributed by atoms with van der Waals surface area (Å²) >= 11 is 1.25. The van der Waals surface area contributed by atoms with Crippen molar-refractivity contribution in [3.8, 4) is 11.5 Å². The number of carbonyl (C=O) groups is 4. The highest BCUT2D eigenvalue weighted by molar-refractivity contribution is 7.12. The van der Waals surface area contributed by atoms with Gasteiger partial charge in [-0.15, -0.1) is 11.3 Å². The van der Waals surface area contributed by atoms with Crippen molar-refractivity contribution in [2.45, 2.75) is 31.9 Å². The van der Waals surface area contributed by atoms with Crippen LogP contribution in [-0.2, 0) is 19.1 Å². The Labute approximate surface area is 254 Å². The maximum atomic E-state index is 14.0. The minimum absolute atomic E-state index is 0.131. The van der Waals surface area contributed by atoms with Crippen molar-refractivity contribution in [2.75, 3.05) is 45.4 Å². The molecule has 0 bridgehead atoms. The molecule has 2 atom stereocenters. The molecule has 4 rings (SSSR count). The van der Waals surface area contributed by atoms with E-state index in [0.717, 1.165) is 12.8 Å². The van der Waals surface area contributed by atoms with Crippen LogP contribution >= 0.6 is 11.3 Å². The molecular weight excluding hydrogens is 574 g/mol. The van der Waals surface area contributed by atoms with Crippen molar-refractivity contribution in [1.82, 2.24) is 10.6 Å². The van der Waals surface area contributed by atoms with E-state index in [1.165, 1.54) is 42.6 Å². The Hall–Kier alpha value is -4.42. The number of benzene rings is 2. The van der Waals surface area contributed by atoms with Gasteiger partial charge in [0, 0.05) is 18.8 Å². The van der Waals surface area contributed by atoms with Crippen molar-refractivity contribution in [1.29, 1.82) is 0 Å². The van der Waals surface area contributed by atoms with E-state index in [9.17, 15) is 19.2 Å². The van der Waals surface area contributed by atoms with Gasteiger partial charge in [-0.05, 0) is 73.2 Å². The number of esters is 1. The van der Waals surface area contributed by atoms with Crippen LogP contribution in [-0.4, -0.2) is 70.3 Å². The molecule has 0 saturated carbocycles. The number of amides is 3. The van der Waals surface area contributed by atoms with Gasteiger partial charge in [-0.1, -0.05) is 12.1 Å². The molecule has 1 fully saturated rings. The first-order valence-corrected chi connectivity index (χ1v) is 14.8. The van der Waals surface area contributed by atoms with Crippen LogP contribution in [0, 0.1) is 0 Å². The summed E-state index contributed by atoms with van der Waals surface area (Å²) in [6, 6.07) is 13.3. The monoisotopic (exact) mass is 609 g/mol. The molecule has 1 aliphatic heterocycles. The number of thiophene rings is 1. The van der Waals surface area contributed by atoms with Crippen LogP contribution in [0.2, 0.25) is 0 Å². The van der Waals surface area contributed by atoms with Gasteiger partial charge in [0.15, 0.2) is 11.5 Å². The van der Waals surface area contributed by atoms with Crippen LogP contribution in [0.3, 0.4) is 0 Å². The number of hydrogen-bond donors (Lipinski definition) is 2. The van der Waals surface area contributed by atoms with Crippen LogP contribution in [0.4, 0.5) is 5.69 Å². The van der Waals surface area contributed by atoms with Crippen LogP contribution < -0.4 is 25.0 Å². The van der Waals surface area contributed by atoms with E-state index >= 15 is 0 Å². The molecule has 43 heavy (non-hydrogen) atoms. The fourth-order valence-corrected chi connectivity index (χ4v) is 5.34. The Kier molecular flexibility index (Phi) is 11.1. The van der Waals surface area contributed by atoms with Crippen molar-refractivity contribution < 1.29 is 38.1 Å². The Morgan fingerprint density at radius 3 is 2.42 bits per heavy atom. The third kappa shape index (κ3) is 7.90. The lowest BCUT2D eigenvalue weighted by Gasteiger charge is -2.32. The Morgan fingerprint density at radius 2 is 1.79 bits per heavy atom. The Balaban J connectivity index is 1.73. The van der Waals surface area contributed by atoms with Gasteiger partial charge in [0.25, 0.3) is 5.91 Å². The van der Waals surface area contributed by atoms with Crippen LogP contribution in [0.25, 0.3) is 0 Å². The Bertz CT molecular complexity index is 1400. The summed E-state index contributed by atoms with van der Waals surface area (Å²) in [6.07, 6.45) is 1.59. The molecule has 0 unspecified atom stereocenters. The third-order valence-electron chi connectivity index (χ3n) is 6.83. The molecule has 2 heterocycles. The standard InChI is InChI=1S/C31H35N3O8S/c1-4-41-31(38)20-9-12-22(13-10-20)34(27(35)19-33-29(36)26-8-6-16-43-26)28(30(37)32-18-23-7-5-15-42-23)21-11-14-24(39-2)25(17-21)40-3/h6,8-14,16-17,23,28H,4-5,7,15,18-19H2,1-3H3,(H,32,37)(H,33,36)/t23-,28-/m0/s1. The molecule has 0 aliphatic carbocycles. The molecule has 0 radical (unpaired) electrons. The van der Waals surface area contributed by atoms with Crippen LogP contribution in [0.15, 0.2) is 60.0 Å². The number of nitrogens with one attached hydrogen (secondary N) is 2. The van der Waals surface area contributed by atoms with E-state index in [0.29, 0.717) is 34.2 Å². The normalized spacial score (nSPS) is 14.8. The van der Waals surface area contributed by atoms with Gasteiger partial charge in [-0.3, -0.25) is 19.3 Å². The first kappa shape index (κ1) is 31.5. The zero-order valence-corrected chi connectivity index (χ0v) is 25.1. The van der Waals surface area contributed by atoms with Crippen molar-refractivity contribution >= 4 is 40.7 Å². The lowest BCUT2D eigenvalue weighted by atomic mass is 10.0. The number of anilines is 1. The molecule has 3 aromatic rings. The number of nitrogens with zero attached hydrogens (tertiary/aromatic N) is 1. The summed E-state index contributed by atoms with van der Waals surface area (Å²) in [6.45, 7) is 2.42. The predicted molar refractivity (Wildman–Crippen MR) is 161 cm³/mol. The third-order valence-corrected chi connectivity index (χ3v) is 7.70. The van der Waals surface area contributed by atoms with Gasteiger partial charge in [0.05, 0.1) is 43.9 Å². The van der Waals surface area contributed by atoms with Gasteiger partial charge >= 0.3 is 5.97 Å². The second-order valence-corrected chi connectivity index (χ2v) is 10.5. The van der Waals surface area contributed by atoms with Gasteiger partial charge in [-0.25, -0.2) is 4.79 Å². The fourth-order valence-electron chi connectivity index (χ4n) is 4.70. The second kappa shape index (κ2) is 15.2. The van der Waals surface area contributed by atoms with E-state index in [2.05, 4.69) is 10.6 Å². The average Bonchev–Trinajstić information content (AvgIpc) is 3.76. The smallest absolute Gasteiger partial charge is 0.338 e. The number of carbonyl (C=O) groups excluding carboxylic acids is 4. The number of methoxy groups -OCH3 is 2. The zero-order valence-electron chi connectivity index (χ0n) is 24.3. The van der Waals surface area contributed by atoms with Gasteiger partial charge in [-0.2, -0.15) is 0 Å². The summed E-state index contributed by atoms with van der Waals surface area (Å²) in [7, 11) is 2.98. The molecule has 1 aromatic heterocycles. The van der Waals surface area contributed by atoms with E-state index in [-0.39, 0.29) is 31.4 Å². The van der Waals surface area contributed by atoms with Gasteiger partial charge in [0.2, 0.25) is 11.8 Å². The largest absolute Gasteiger partial charge is 0.493 e. The highest BCUT2D eigenvalue weighted by Gasteiger charge is 2.34. The summed E-state index contributed by atoms with van der Waals surface area (Å²) in [5, 5.41) is 7.36. The maximum Gasteiger partial charge on any atom is 0.338 e. The molecule has 12 heteroatoms. The van der Waals surface area contributed by atoms with Gasteiger partial charge < -0.3 is 29.6 Å². The average molecular weight is 610 g/mol. The van der Waals surface area contributed by atoms with Crippen LogP contribution in [0.5, 0.6) is 11.5 Å². The summed E-state index contributed by atoms with van der Waals surface area (Å²) in [4.78, 5) is 54.7. The molecule has 3 amide bonds. The fraction of sp³-hybridized carbons (Fsp3) is 0.355. The molecule has 11 nitrogen and oxygen atoms in total. The van der Waals surface area contributed by atoms with Crippen molar-refractivity contribution in [2.24, 2.45) is 0 Å². The molecule has 2 N–H and O–H groups in total. The molecule has 1 aliphatic rings. The number of rotatable bonds is 13. The summed E-state index contributed by atoms with van der Waals surface area (Å²) < 4.78 is 21.6. The van der Waals surface area contributed by atoms with Gasteiger partial charge in [0.1, 0.15) is 6.04 Å². The van der Waals surface area contributed by atoms with E-state index in [1.807, 2.05) is 0 Å². The maximum absolute atomic E-state index is 14.0. The SMILES string of the molecule is CCOC(=O)c1ccc(N(C(=O)CNC(=O)c2cccs2)[C@H](C(=O)NC[C@@H]2CCCO2)c2ccc(OC)c(OC)c2)cc1.